The van der Waals surface area contributed by atoms with Crippen molar-refractivity contribution in [2.24, 2.45) is 0 Å². The standard InChI is InChI=1S/C27H29NO3/c1-19(2)23-9-6-21(7-10-23)4-5-22-8-11-24-17-28(15-12-26(30)31-20(3)29)18-27(13-14-27)25(24)16-22/h6-11,16,19H,12-15,17-18H2,1-3H3. The number of hydrogen-bond donors (Lipinski definition) is 0. The van der Waals surface area contributed by atoms with E-state index in [-0.39, 0.29) is 11.8 Å². The van der Waals surface area contributed by atoms with Crippen molar-refractivity contribution < 1.29 is 14.3 Å². The molecule has 0 unspecified atom stereocenters. The van der Waals surface area contributed by atoms with Gasteiger partial charge in [-0.05, 0) is 59.7 Å². The molecule has 2 aromatic rings. The van der Waals surface area contributed by atoms with Crippen LogP contribution in [-0.2, 0) is 26.3 Å². The summed E-state index contributed by atoms with van der Waals surface area (Å²) in [6.07, 6.45) is 2.58. The molecule has 1 aliphatic heterocycles. The van der Waals surface area contributed by atoms with Crippen LogP contribution in [0.25, 0.3) is 0 Å². The first kappa shape index (κ1) is 21.3. The third-order valence-electron chi connectivity index (χ3n) is 6.27. The average molecular weight is 416 g/mol. The Labute approximate surface area is 184 Å². The largest absolute Gasteiger partial charge is 0.393 e. The average Bonchev–Trinajstić information content (AvgIpc) is 3.50. The first-order valence-corrected chi connectivity index (χ1v) is 11.0. The Hall–Kier alpha value is -2.90. The third kappa shape index (κ3) is 5.06. The van der Waals surface area contributed by atoms with Gasteiger partial charge in [0.15, 0.2) is 0 Å². The number of fused-ring (bicyclic) bond motifs is 2. The molecule has 0 N–H and O–H groups in total. The number of nitrogens with zero attached hydrogens (tertiary/aromatic N) is 1. The van der Waals surface area contributed by atoms with Crippen LogP contribution in [0.4, 0.5) is 0 Å². The van der Waals surface area contributed by atoms with Crippen LogP contribution in [0.15, 0.2) is 42.5 Å². The lowest BCUT2D eigenvalue weighted by Crippen LogP contribution is -2.39. The number of hydrogen-bond acceptors (Lipinski definition) is 4. The Morgan fingerprint density at radius 3 is 2.39 bits per heavy atom. The Kier molecular flexibility index (Phi) is 5.98. The van der Waals surface area contributed by atoms with Gasteiger partial charge < -0.3 is 4.74 Å². The molecule has 4 rings (SSSR count). The SMILES string of the molecule is CC(=O)OC(=O)CCN1Cc2ccc(C#Cc3ccc(C(C)C)cc3)cc2C2(CC2)C1. The summed E-state index contributed by atoms with van der Waals surface area (Å²) in [6.45, 7) is 8.02. The fourth-order valence-corrected chi connectivity index (χ4v) is 4.39. The number of rotatable bonds is 4. The quantitative estimate of drug-likeness (QED) is 0.418. The van der Waals surface area contributed by atoms with Gasteiger partial charge in [-0.3, -0.25) is 14.5 Å². The summed E-state index contributed by atoms with van der Waals surface area (Å²) in [5, 5.41) is 0. The molecule has 4 nitrogen and oxygen atoms in total. The fourth-order valence-electron chi connectivity index (χ4n) is 4.39. The maximum atomic E-state index is 11.7. The summed E-state index contributed by atoms with van der Waals surface area (Å²) in [4.78, 5) is 25.0. The van der Waals surface area contributed by atoms with E-state index in [1.165, 1.54) is 36.5 Å². The van der Waals surface area contributed by atoms with Crippen molar-refractivity contribution in [3.8, 4) is 11.8 Å². The van der Waals surface area contributed by atoms with E-state index in [1.54, 1.807) is 0 Å². The molecule has 1 heterocycles. The maximum absolute atomic E-state index is 11.7. The lowest BCUT2D eigenvalue weighted by Gasteiger charge is -2.35. The zero-order valence-corrected chi connectivity index (χ0v) is 18.5. The van der Waals surface area contributed by atoms with E-state index in [0.29, 0.717) is 12.5 Å². The van der Waals surface area contributed by atoms with Gasteiger partial charge in [0.1, 0.15) is 0 Å². The van der Waals surface area contributed by atoms with E-state index in [4.69, 9.17) is 0 Å². The molecular formula is C27H29NO3. The molecule has 1 fully saturated rings. The number of esters is 2. The second kappa shape index (κ2) is 8.69. The lowest BCUT2D eigenvalue weighted by molar-refractivity contribution is -0.158. The number of ether oxygens (including phenoxy) is 1. The highest BCUT2D eigenvalue weighted by Gasteiger charge is 2.48. The van der Waals surface area contributed by atoms with Gasteiger partial charge >= 0.3 is 11.9 Å². The van der Waals surface area contributed by atoms with E-state index in [2.05, 4.69) is 77.8 Å². The first-order chi connectivity index (χ1) is 14.8. The molecule has 0 amide bonds. The van der Waals surface area contributed by atoms with Crippen LogP contribution in [0.5, 0.6) is 0 Å². The molecule has 1 spiro atoms. The Bertz CT molecular complexity index is 1050. The summed E-state index contributed by atoms with van der Waals surface area (Å²) < 4.78 is 4.66. The zero-order valence-electron chi connectivity index (χ0n) is 18.5. The molecule has 0 radical (unpaired) electrons. The molecule has 0 atom stereocenters. The van der Waals surface area contributed by atoms with Crippen LogP contribution >= 0.6 is 0 Å². The summed E-state index contributed by atoms with van der Waals surface area (Å²) in [7, 11) is 0. The van der Waals surface area contributed by atoms with Gasteiger partial charge in [-0.25, -0.2) is 0 Å². The van der Waals surface area contributed by atoms with E-state index in [0.717, 1.165) is 24.2 Å². The molecule has 1 aliphatic carbocycles. The van der Waals surface area contributed by atoms with Crippen LogP contribution in [0.1, 0.15) is 73.8 Å². The molecule has 31 heavy (non-hydrogen) atoms. The van der Waals surface area contributed by atoms with Crippen molar-refractivity contribution in [2.75, 3.05) is 13.1 Å². The van der Waals surface area contributed by atoms with E-state index >= 15 is 0 Å². The molecular weight excluding hydrogens is 386 g/mol. The summed E-state index contributed by atoms with van der Waals surface area (Å²) in [5.41, 5.74) is 6.33. The van der Waals surface area contributed by atoms with Crippen molar-refractivity contribution in [3.63, 3.8) is 0 Å². The molecule has 0 saturated heterocycles. The minimum atomic E-state index is -0.544. The molecule has 2 aromatic carbocycles. The number of carbonyl (C=O) groups is 2. The Morgan fingerprint density at radius 1 is 1.06 bits per heavy atom. The van der Waals surface area contributed by atoms with Gasteiger partial charge in [0.25, 0.3) is 0 Å². The second-order valence-corrected chi connectivity index (χ2v) is 9.11. The van der Waals surface area contributed by atoms with Crippen molar-refractivity contribution in [1.29, 1.82) is 0 Å². The van der Waals surface area contributed by atoms with E-state index < -0.39 is 11.9 Å². The highest BCUT2D eigenvalue weighted by Crippen LogP contribution is 2.52. The summed E-state index contributed by atoms with van der Waals surface area (Å²) >= 11 is 0. The summed E-state index contributed by atoms with van der Waals surface area (Å²) in [5.74, 6) is 6.17. The van der Waals surface area contributed by atoms with Crippen molar-refractivity contribution >= 4 is 11.9 Å². The molecule has 4 heteroatoms. The van der Waals surface area contributed by atoms with Crippen molar-refractivity contribution in [2.45, 2.75) is 57.9 Å². The minimum Gasteiger partial charge on any atom is -0.393 e. The Balaban J connectivity index is 1.46. The number of carbonyl (C=O) groups excluding carboxylic acids is 2. The van der Waals surface area contributed by atoms with Crippen LogP contribution in [0, 0.1) is 11.8 Å². The summed E-state index contributed by atoms with van der Waals surface area (Å²) in [6, 6.07) is 15.0. The van der Waals surface area contributed by atoms with Crippen LogP contribution in [0.3, 0.4) is 0 Å². The lowest BCUT2D eigenvalue weighted by atomic mass is 9.85. The monoisotopic (exact) mass is 415 g/mol. The molecule has 0 aromatic heterocycles. The van der Waals surface area contributed by atoms with Gasteiger partial charge in [0, 0.05) is 43.1 Å². The van der Waals surface area contributed by atoms with Crippen LogP contribution in [-0.4, -0.2) is 29.9 Å². The van der Waals surface area contributed by atoms with E-state index in [9.17, 15) is 9.59 Å². The van der Waals surface area contributed by atoms with Crippen LogP contribution in [0.2, 0.25) is 0 Å². The fraction of sp³-hybridized carbons (Fsp3) is 0.407. The maximum Gasteiger partial charge on any atom is 0.314 e. The number of benzene rings is 2. The molecule has 160 valence electrons. The normalized spacial score (nSPS) is 16.4. The van der Waals surface area contributed by atoms with Gasteiger partial charge in [-0.1, -0.05) is 43.9 Å². The minimum absolute atomic E-state index is 0.189. The predicted molar refractivity (Wildman–Crippen MR) is 121 cm³/mol. The zero-order chi connectivity index (χ0) is 22.0. The van der Waals surface area contributed by atoms with Crippen LogP contribution < -0.4 is 0 Å². The Morgan fingerprint density at radius 2 is 1.74 bits per heavy atom. The first-order valence-electron chi connectivity index (χ1n) is 11.0. The molecule has 0 bridgehead atoms. The van der Waals surface area contributed by atoms with Crippen molar-refractivity contribution in [3.05, 3.63) is 70.3 Å². The topological polar surface area (TPSA) is 46.6 Å². The smallest absolute Gasteiger partial charge is 0.314 e. The van der Waals surface area contributed by atoms with Gasteiger partial charge in [-0.15, -0.1) is 0 Å². The third-order valence-corrected chi connectivity index (χ3v) is 6.27. The second-order valence-electron chi connectivity index (χ2n) is 9.11. The molecule has 1 saturated carbocycles. The van der Waals surface area contributed by atoms with E-state index in [1.807, 2.05) is 0 Å². The van der Waals surface area contributed by atoms with Crippen molar-refractivity contribution in [1.82, 2.24) is 4.90 Å². The molecule has 2 aliphatic rings. The highest BCUT2D eigenvalue weighted by molar-refractivity contribution is 5.84. The van der Waals surface area contributed by atoms with Gasteiger partial charge in [0.2, 0.25) is 0 Å². The van der Waals surface area contributed by atoms with Gasteiger partial charge in [-0.2, -0.15) is 0 Å². The predicted octanol–water partition coefficient (Wildman–Crippen LogP) is 4.54. The highest BCUT2D eigenvalue weighted by atomic mass is 16.6. The van der Waals surface area contributed by atoms with Gasteiger partial charge in [0.05, 0.1) is 6.42 Å².